The van der Waals surface area contributed by atoms with E-state index in [4.69, 9.17) is 0 Å². The van der Waals surface area contributed by atoms with Crippen molar-refractivity contribution in [2.24, 2.45) is 0 Å². The van der Waals surface area contributed by atoms with E-state index in [2.05, 4.69) is 29.2 Å². The Balaban J connectivity index is 1.55. The number of aryl methyl sites for hydroxylation is 2. The van der Waals surface area contributed by atoms with E-state index >= 15 is 0 Å². The van der Waals surface area contributed by atoms with Gasteiger partial charge in [-0.2, -0.15) is 0 Å². The van der Waals surface area contributed by atoms with Crippen molar-refractivity contribution >= 4 is 17.2 Å². The van der Waals surface area contributed by atoms with E-state index in [1.54, 1.807) is 11.3 Å². The third-order valence-corrected chi connectivity index (χ3v) is 5.62. The molecular formula is C18H22N2OS. The number of rotatable bonds is 5. The van der Waals surface area contributed by atoms with Gasteiger partial charge in [0.2, 0.25) is 5.91 Å². The molecule has 0 radical (unpaired) electrons. The van der Waals surface area contributed by atoms with Crippen LogP contribution in [0.1, 0.15) is 40.5 Å². The molecule has 0 saturated carbocycles. The normalized spacial score (nSPS) is 16.5. The summed E-state index contributed by atoms with van der Waals surface area (Å²) >= 11 is 1.68. The van der Waals surface area contributed by atoms with Crippen molar-refractivity contribution in [1.82, 2.24) is 9.88 Å². The molecule has 1 aromatic carbocycles. The van der Waals surface area contributed by atoms with Gasteiger partial charge in [0, 0.05) is 31.3 Å². The summed E-state index contributed by atoms with van der Waals surface area (Å²) in [6, 6.07) is 8.54. The van der Waals surface area contributed by atoms with Gasteiger partial charge >= 0.3 is 0 Å². The van der Waals surface area contributed by atoms with E-state index in [-0.39, 0.29) is 5.91 Å². The molecule has 0 fully saturated rings. The molecule has 1 heterocycles. The van der Waals surface area contributed by atoms with Gasteiger partial charge in [-0.05, 0) is 36.8 Å². The van der Waals surface area contributed by atoms with Crippen LogP contribution in [0.5, 0.6) is 0 Å². The van der Waals surface area contributed by atoms with Gasteiger partial charge in [0.15, 0.2) is 0 Å². The largest absolute Gasteiger partial charge is 0.345 e. The van der Waals surface area contributed by atoms with Gasteiger partial charge in [-0.15, -0.1) is 11.3 Å². The van der Waals surface area contributed by atoms with Gasteiger partial charge in [0.05, 0.1) is 11.2 Å². The lowest BCUT2D eigenvalue weighted by atomic mass is 9.97. The molecule has 3 nitrogen and oxygen atoms in total. The highest BCUT2D eigenvalue weighted by atomic mass is 32.1. The Bertz CT molecular complexity index is 665. The fourth-order valence-corrected chi connectivity index (χ4v) is 3.95. The number of amides is 1. The second-order valence-corrected chi connectivity index (χ2v) is 7.00. The van der Waals surface area contributed by atoms with Crippen LogP contribution in [0.4, 0.5) is 0 Å². The zero-order chi connectivity index (χ0) is 15.5. The number of carbonyl (C=O) groups excluding carboxylic acids is 1. The van der Waals surface area contributed by atoms with Gasteiger partial charge in [-0.25, -0.2) is 4.98 Å². The standard InChI is InChI=1S/C18H22N2OS/c1-13-17(22-12-19-13)9-10-20(2)18(21)11-15-8-7-14-5-3-4-6-16(14)15/h3-6,12,15H,7-11H2,1-2H3/t15-/m1/s1. The molecule has 0 aliphatic heterocycles. The predicted molar refractivity (Wildman–Crippen MR) is 90.3 cm³/mol. The minimum Gasteiger partial charge on any atom is -0.345 e. The summed E-state index contributed by atoms with van der Waals surface area (Å²) < 4.78 is 0. The number of benzene rings is 1. The van der Waals surface area contributed by atoms with E-state index in [1.807, 2.05) is 24.4 Å². The van der Waals surface area contributed by atoms with Gasteiger partial charge in [-0.3, -0.25) is 4.79 Å². The number of thiazole rings is 1. The van der Waals surface area contributed by atoms with E-state index in [1.165, 1.54) is 16.0 Å². The highest BCUT2D eigenvalue weighted by molar-refractivity contribution is 7.09. The minimum atomic E-state index is 0.254. The van der Waals surface area contributed by atoms with Crippen molar-refractivity contribution in [1.29, 1.82) is 0 Å². The molecule has 22 heavy (non-hydrogen) atoms. The minimum absolute atomic E-state index is 0.254. The molecular weight excluding hydrogens is 292 g/mol. The van der Waals surface area contributed by atoms with Crippen LogP contribution in [-0.2, 0) is 17.6 Å². The second kappa shape index (κ2) is 6.61. The predicted octanol–water partition coefficient (Wildman–Crippen LogP) is 3.57. The zero-order valence-corrected chi connectivity index (χ0v) is 14.0. The Morgan fingerprint density at radius 2 is 2.23 bits per heavy atom. The molecule has 4 heteroatoms. The first-order valence-electron chi connectivity index (χ1n) is 7.86. The maximum Gasteiger partial charge on any atom is 0.222 e. The number of carbonyl (C=O) groups is 1. The first kappa shape index (κ1) is 15.2. The summed E-state index contributed by atoms with van der Waals surface area (Å²) in [6.45, 7) is 2.80. The summed E-state index contributed by atoms with van der Waals surface area (Å²) in [5.41, 5.74) is 5.77. The summed E-state index contributed by atoms with van der Waals surface area (Å²) in [7, 11) is 1.92. The summed E-state index contributed by atoms with van der Waals surface area (Å²) in [5.74, 6) is 0.653. The van der Waals surface area contributed by atoms with Gasteiger partial charge < -0.3 is 4.90 Å². The number of fused-ring (bicyclic) bond motifs is 1. The molecule has 1 aromatic heterocycles. The maximum atomic E-state index is 12.5. The molecule has 1 atom stereocenters. The lowest BCUT2D eigenvalue weighted by Crippen LogP contribution is -2.29. The van der Waals surface area contributed by atoms with Crippen LogP contribution in [0.25, 0.3) is 0 Å². The average molecular weight is 314 g/mol. The van der Waals surface area contributed by atoms with Crippen molar-refractivity contribution in [3.8, 4) is 0 Å². The van der Waals surface area contributed by atoms with Crippen LogP contribution in [0.15, 0.2) is 29.8 Å². The Morgan fingerprint density at radius 1 is 1.41 bits per heavy atom. The molecule has 0 unspecified atom stereocenters. The summed E-state index contributed by atoms with van der Waals surface area (Å²) in [4.78, 5) is 19.9. The average Bonchev–Trinajstić information content (AvgIpc) is 3.12. The highest BCUT2D eigenvalue weighted by Gasteiger charge is 2.25. The second-order valence-electron chi connectivity index (χ2n) is 6.06. The molecule has 116 valence electrons. The van der Waals surface area contributed by atoms with E-state index in [0.29, 0.717) is 12.3 Å². The molecule has 1 aliphatic carbocycles. The smallest absolute Gasteiger partial charge is 0.222 e. The number of nitrogens with zero attached hydrogens (tertiary/aromatic N) is 2. The number of hydrogen-bond acceptors (Lipinski definition) is 3. The first-order chi connectivity index (χ1) is 10.6. The van der Waals surface area contributed by atoms with Crippen molar-refractivity contribution in [2.75, 3.05) is 13.6 Å². The van der Waals surface area contributed by atoms with Crippen LogP contribution >= 0.6 is 11.3 Å². The molecule has 1 aliphatic rings. The van der Waals surface area contributed by atoms with E-state index in [9.17, 15) is 4.79 Å². The Morgan fingerprint density at radius 3 is 3.00 bits per heavy atom. The lowest BCUT2D eigenvalue weighted by Gasteiger charge is -2.19. The molecule has 1 amide bonds. The first-order valence-corrected chi connectivity index (χ1v) is 8.74. The molecule has 0 spiro atoms. The summed E-state index contributed by atoms with van der Waals surface area (Å²) in [6.07, 6.45) is 3.75. The Kier molecular flexibility index (Phi) is 4.57. The fraction of sp³-hybridized carbons (Fsp3) is 0.444. The summed E-state index contributed by atoms with van der Waals surface area (Å²) in [5, 5.41) is 0. The molecule has 0 saturated heterocycles. The SMILES string of the molecule is Cc1ncsc1CCN(C)C(=O)C[C@H]1CCc2ccccc21. The van der Waals surface area contributed by atoms with Crippen LogP contribution in [0.3, 0.4) is 0 Å². The lowest BCUT2D eigenvalue weighted by molar-refractivity contribution is -0.130. The third kappa shape index (κ3) is 3.22. The van der Waals surface area contributed by atoms with Crippen LogP contribution in [0.2, 0.25) is 0 Å². The number of hydrogen-bond donors (Lipinski definition) is 0. The van der Waals surface area contributed by atoms with Crippen molar-refractivity contribution < 1.29 is 4.79 Å². The fourth-order valence-electron chi connectivity index (χ4n) is 3.18. The quantitative estimate of drug-likeness (QED) is 0.845. The van der Waals surface area contributed by atoms with Crippen LogP contribution < -0.4 is 0 Å². The number of likely N-dealkylation sites (N-methyl/N-ethyl adjacent to an activating group) is 1. The third-order valence-electron chi connectivity index (χ3n) is 4.62. The molecule has 3 rings (SSSR count). The topological polar surface area (TPSA) is 33.2 Å². The van der Waals surface area contributed by atoms with Crippen LogP contribution in [0, 0.1) is 6.92 Å². The molecule has 0 N–H and O–H groups in total. The van der Waals surface area contributed by atoms with Gasteiger partial charge in [-0.1, -0.05) is 24.3 Å². The maximum absolute atomic E-state index is 12.5. The monoisotopic (exact) mass is 314 g/mol. The Labute approximate surface area is 136 Å². The van der Waals surface area contributed by atoms with Gasteiger partial charge in [0.1, 0.15) is 0 Å². The number of aromatic nitrogens is 1. The zero-order valence-electron chi connectivity index (χ0n) is 13.2. The highest BCUT2D eigenvalue weighted by Crippen LogP contribution is 2.35. The van der Waals surface area contributed by atoms with Crippen molar-refractivity contribution in [3.63, 3.8) is 0 Å². The van der Waals surface area contributed by atoms with Crippen molar-refractivity contribution in [3.05, 3.63) is 51.5 Å². The molecule has 0 bridgehead atoms. The van der Waals surface area contributed by atoms with Crippen molar-refractivity contribution in [2.45, 2.75) is 38.5 Å². The van der Waals surface area contributed by atoms with E-state index in [0.717, 1.165) is 31.5 Å². The Hall–Kier alpha value is -1.68. The van der Waals surface area contributed by atoms with E-state index < -0.39 is 0 Å². The van der Waals surface area contributed by atoms with Gasteiger partial charge in [0.25, 0.3) is 0 Å². The van der Waals surface area contributed by atoms with Crippen LogP contribution in [-0.4, -0.2) is 29.4 Å². The molecule has 2 aromatic rings.